The second-order valence-corrected chi connectivity index (χ2v) is 9.17. The zero-order chi connectivity index (χ0) is 25.8. The highest BCUT2D eigenvalue weighted by Gasteiger charge is 2.26. The summed E-state index contributed by atoms with van der Waals surface area (Å²) in [4.78, 5) is 28.8. The number of fused-ring (bicyclic) bond motifs is 1. The predicted molar refractivity (Wildman–Crippen MR) is 139 cm³/mol. The van der Waals surface area contributed by atoms with Gasteiger partial charge in [-0.2, -0.15) is 0 Å². The summed E-state index contributed by atoms with van der Waals surface area (Å²) in [6.07, 6.45) is 4.98. The lowest BCUT2D eigenvalue weighted by molar-refractivity contribution is 0.0505. The summed E-state index contributed by atoms with van der Waals surface area (Å²) in [5, 5.41) is 0.519. The number of methoxy groups -OCH3 is 1. The van der Waals surface area contributed by atoms with Gasteiger partial charge in [0.05, 0.1) is 25.0 Å². The molecule has 0 saturated carbocycles. The van der Waals surface area contributed by atoms with Gasteiger partial charge in [-0.1, -0.05) is 18.2 Å². The van der Waals surface area contributed by atoms with Crippen LogP contribution in [0.25, 0.3) is 10.9 Å². The van der Waals surface area contributed by atoms with E-state index in [0.29, 0.717) is 35.8 Å². The standard InChI is InChI=1S/C29H30N2O6/c1-30-18-24(28(32)23-9-3-4-10-25(23)30)29(33)31(17-21-7-5-13-35-21)16-20-11-12-26(34-2)27(15-20)37-19-22-8-6-14-36-22/h3-4,6,8-12,14-15,18,21H,5,7,13,16-17,19H2,1-2H3. The minimum absolute atomic E-state index is 0.0684. The van der Waals surface area contributed by atoms with Crippen LogP contribution in [0, 0.1) is 0 Å². The van der Waals surface area contributed by atoms with E-state index in [1.54, 1.807) is 36.6 Å². The smallest absolute Gasteiger partial charge is 0.259 e. The Hall–Kier alpha value is -4.04. The summed E-state index contributed by atoms with van der Waals surface area (Å²) in [6, 6.07) is 16.5. The van der Waals surface area contributed by atoms with Crippen LogP contribution in [0.5, 0.6) is 11.5 Å². The van der Waals surface area contributed by atoms with Gasteiger partial charge in [-0.3, -0.25) is 9.59 Å². The monoisotopic (exact) mass is 502 g/mol. The Morgan fingerprint density at radius 3 is 2.76 bits per heavy atom. The SMILES string of the molecule is COc1ccc(CN(CC2CCCO2)C(=O)c2cn(C)c3ccccc3c2=O)cc1OCc1ccco1. The van der Waals surface area contributed by atoms with Crippen molar-refractivity contribution in [2.75, 3.05) is 20.3 Å². The van der Waals surface area contributed by atoms with Crippen LogP contribution in [0.3, 0.4) is 0 Å². The number of para-hydroxylation sites is 1. The molecule has 5 rings (SSSR count). The highest BCUT2D eigenvalue weighted by Crippen LogP contribution is 2.30. The number of amides is 1. The van der Waals surface area contributed by atoms with Crippen molar-refractivity contribution in [1.82, 2.24) is 9.47 Å². The minimum Gasteiger partial charge on any atom is -0.493 e. The average Bonchev–Trinajstić information content (AvgIpc) is 3.63. The number of nitrogens with zero attached hydrogens (tertiary/aromatic N) is 2. The van der Waals surface area contributed by atoms with Crippen LogP contribution in [0.4, 0.5) is 0 Å². The maximum absolute atomic E-state index is 13.8. The lowest BCUT2D eigenvalue weighted by atomic mass is 10.1. The molecular formula is C29H30N2O6. The van der Waals surface area contributed by atoms with Crippen molar-refractivity contribution in [2.45, 2.75) is 32.1 Å². The van der Waals surface area contributed by atoms with Gasteiger partial charge in [0.1, 0.15) is 17.9 Å². The van der Waals surface area contributed by atoms with Crippen LogP contribution in [-0.2, 0) is 24.9 Å². The van der Waals surface area contributed by atoms with Crippen molar-refractivity contribution in [3.05, 3.63) is 94.2 Å². The number of pyridine rings is 1. The summed E-state index contributed by atoms with van der Waals surface area (Å²) in [5.74, 6) is 1.49. The van der Waals surface area contributed by atoms with E-state index in [1.807, 2.05) is 54.1 Å². The lowest BCUT2D eigenvalue weighted by Crippen LogP contribution is -2.39. The zero-order valence-electron chi connectivity index (χ0n) is 21.0. The highest BCUT2D eigenvalue weighted by molar-refractivity contribution is 5.97. The fraction of sp³-hybridized carbons (Fsp3) is 0.310. The molecule has 1 unspecified atom stereocenters. The molecule has 1 aliphatic heterocycles. The summed E-state index contributed by atoms with van der Waals surface area (Å²) >= 11 is 0. The number of ether oxygens (including phenoxy) is 3. The van der Waals surface area contributed by atoms with E-state index < -0.39 is 0 Å². The number of hydrogen-bond acceptors (Lipinski definition) is 6. The largest absolute Gasteiger partial charge is 0.493 e. The average molecular weight is 503 g/mol. The number of hydrogen-bond donors (Lipinski definition) is 0. The van der Waals surface area contributed by atoms with Crippen LogP contribution in [0.1, 0.15) is 34.5 Å². The molecule has 8 nitrogen and oxygen atoms in total. The topological polar surface area (TPSA) is 83.1 Å². The molecule has 192 valence electrons. The predicted octanol–water partition coefficient (Wildman–Crippen LogP) is 4.54. The number of furan rings is 1. The third-order valence-corrected chi connectivity index (χ3v) is 6.61. The number of carbonyl (C=O) groups excluding carboxylic acids is 1. The number of aryl methyl sites for hydroxylation is 1. The molecule has 0 bridgehead atoms. The number of aromatic nitrogens is 1. The van der Waals surface area contributed by atoms with Gasteiger partial charge in [0.25, 0.3) is 5.91 Å². The van der Waals surface area contributed by atoms with Gasteiger partial charge in [-0.25, -0.2) is 0 Å². The van der Waals surface area contributed by atoms with Crippen molar-refractivity contribution < 1.29 is 23.4 Å². The molecule has 3 heterocycles. The van der Waals surface area contributed by atoms with Gasteiger partial charge in [0, 0.05) is 38.3 Å². The van der Waals surface area contributed by atoms with Gasteiger partial charge in [0.15, 0.2) is 11.5 Å². The normalized spacial score (nSPS) is 15.1. The van der Waals surface area contributed by atoms with E-state index in [2.05, 4.69) is 0 Å². The van der Waals surface area contributed by atoms with Crippen molar-refractivity contribution in [3.8, 4) is 11.5 Å². The molecule has 1 amide bonds. The second kappa shape index (κ2) is 10.9. The van der Waals surface area contributed by atoms with Gasteiger partial charge >= 0.3 is 0 Å². The first-order valence-electron chi connectivity index (χ1n) is 12.3. The molecule has 2 aromatic heterocycles. The second-order valence-electron chi connectivity index (χ2n) is 9.17. The third-order valence-electron chi connectivity index (χ3n) is 6.61. The number of rotatable bonds is 9. The van der Waals surface area contributed by atoms with Crippen LogP contribution in [-0.4, -0.2) is 41.7 Å². The van der Waals surface area contributed by atoms with Crippen molar-refractivity contribution in [2.24, 2.45) is 7.05 Å². The highest BCUT2D eigenvalue weighted by atomic mass is 16.5. The van der Waals surface area contributed by atoms with E-state index in [9.17, 15) is 9.59 Å². The molecule has 8 heteroatoms. The Labute approximate surface area is 215 Å². The summed E-state index contributed by atoms with van der Waals surface area (Å²) in [6.45, 7) is 1.61. The first-order chi connectivity index (χ1) is 18.0. The van der Waals surface area contributed by atoms with E-state index in [-0.39, 0.29) is 36.2 Å². The molecule has 0 N–H and O–H groups in total. The van der Waals surface area contributed by atoms with Crippen LogP contribution >= 0.6 is 0 Å². The molecule has 1 aliphatic rings. The van der Waals surface area contributed by atoms with Crippen LogP contribution in [0.15, 0.2) is 76.3 Å². The minimum atomic E-state index is -0.323. The Morgan fingerprint density at radius 2 is 2.00 bits per heavy atom. The van der Waals surface area contributed by atoms with E-state index in [4.69, 9.17) is 18.6 Å². The number of carbonyl (C=O) groups is 1. The molecule has 0 spiro atoms. The third kappa shape index (κ3) is 5.39. The Balaban J connectivity index is 1.45. The van der Waals surface area contributed by atoms with Gasteiger partial charge in [-0.15, -0.1) is 0 Å². The van der Waals surface area contributed by atoms with Crippen LogP contribution in [0.2, 0.25) is 0 Å². The molecular weight excluding hydrogens is 472 g/mol. The molecule has 37 heavy (non-hydrogen) atoms. The fourth-order valence-corrected chi connectivity index (χ4v) is 4.71. The Kier molecular flexibility index (Phi) is 7.28. The summed E-state index contributed by atoms with van der Waals surface area (Å²) < 4.78 is 24.5. The van der Waals surface area contributed by atoms with E-state index in [0.717, 1.165) is 23.9 Å². The Bertz CT molecular complexity index is 1440. The van der Waals surface area contributed by atoms with Crippen molar-refractivity contribution in [1.29, 1.82) is 0 Å². The molecule has 2 aromatic carbocycles. The van der Waals surface area contributed by atoms with E-state index in [1.165, 1.54) is 0 Å². The molecule has 0 radical (unpaired) electrons. The molecule has 1 atom stereocenters. The first-order valence-corrected chi connectivity index (χ1v) is 12.3. The zero-order valence-corrected chi connectivity index (χ0v) is 21.0. The van der Waals surface area contributed by atoms with Gasteiger partial charge in [-0.05, 0) is 54.8 Å². The fourth-order valence-electron chi connectivity index (χ4n) is 4.71. The van der Waals surface area contributed by atoms with Gasteiger partial charge in [0.2, 0.25) is 5.43 Å². The molecule has 1 fully saturated rings. The Morgan fingerprint density at radius 1 is 1.14 bits per heavy atom. The summed E-state index contributed by atoms with van der Waals surface area (Å²) in [7, 11) is 3.42. The molecule has 4 aromatic rings. The van der Waals surface area contributed by atoms with E-state index >= 15 is 0 Å². The maximum atomic E-state index is 13.8. The molecule has 0 aliphatic carbocycles. The molecule has 1 saturated heterocycles. The van der Waals surface area contributed by atoms with Gasteiger partial charge < -0.3 is 28.1 Å². The first kappa shape index (κ1) is 24.6. The van der Waals surface area contributed by atoms with Crippen molar-refractivity contribution >= 4 is 16.8 Å². The maximum Gasteiger partial charge on any atom is 0.259 e. The van der Waals surface area contributed by atoms with Crippen molar-refractivity contribution in [3.63, 3.8) is 0 Å². The number of benzene rings is 2. The quantitative estimate of drug-likeness (QED) is 0.334. The lowest BCUT2D eigenvalue weighted by Gasteiger charge is -2.26. The van der Waals surface area contributed by atoms with Crippen LogP contribution < -0.4 is 14.9 Å². The summed E-state index contributed by atoms with van der Waals surface area (Å²) in [5.41, 5.74) is 1.50.